The van der Waals surface area contributed by atoms with Crippen LogP contribution in [0.2, 0.25) is 0 Å². The van der Waals surface area contributed by atoms with Crippen molar-refractivity contribution in [3.63, 3.8) is 0 Å². The molecule has 0 N–H and O–H groups in total. The number of amides is 1. The Morgan fingerprint density at radius 1 is 1.06 bits per heavy atom. The predicted molar refractivity (Wildman–Crippen MR) is 72.3 cm³/mol. The van der Waals surface area contributed by atoms with E-state index in [1.807, 2.05) is 47.2 Å². The van der Waals surface area contributed by atoms with E-state index in [1.54, 1.807) is 11.3 Å². The first kappa shape index (κ1) is 11.0. The average Bonchev–Trinajstić information content (AvgIpc) is 2.93. The molecule has 3 nitrogen and oxygen atoms in total. The Morgan fingerprint density at radius 2 is 1.89 bits per heavy atom. The molecular formula is C14H10N2OS. The standard InChI is InChI=1S/C14H10N2OS/c17-14-13(11-6-7-18-9-11)12(8-15-16-14)10-4-2-1-3-5-10/h1-7,9H,8H2. The normalized spacial score (nSPS) is 15.2. The first-order valence-electron chi connectivity index (χ1n) is 5.59. The van der Waals surface area contributed by atoms with Crippen molar-refractivity contribution in [1.29, 1.82) is 0 Å². The highest BCUT2D eigenvalue weighted by Crippen LogP contribution is 2.31. The maximum Gasteiger partial charge on any atom is 0.296 e. The van der Waals surface area contributed by atoms with Crippen LogP contribution >= 0.6 is 11.3 Å². The van der Waals surface area contributed by atoms with E-state index in [9.17, 15) is 4.79 Å². The average molecular weight is 254 g/mol. The van der Waals surface area contributed by atoms with Gasteiger partial charge >= 0.3 is 0 Å². The number of hydrogen-bond donors (Lipinski definition) is 0. The molecule has 2 heterocycles. The van der Waals surface area contributed by atoms with Gasteiger partial charge in [0.15, 0.2) is 0 Å². The van der Waals surface area contributed by atoms with Crippen LogP contribution in [0.1, 0.15) is 11.1 Å². The highest BCUT2D eigenvalue weighted by molar-refractivity contribution is 7.08. The lowest BCUT2D eigenvalue weighted by Crippen LogP contribution is -2.07. The van der Waals surface area contributed by atoms with E-state index in [0.717, 1.165) is 16.7 Å². The van der Waals surface area contributed by atoms with E-state index >= 15 is 0 Å². The Kier molecular flexibility index (Phi) is 2.86. The molecule has 0 radical (unpaired) electrons. The maximum atomic E-state index is 12.0. The quantitative estimate of drug-likeness (QED) is 0.806. The molecule has 0 unspecified atom stereocenters. The summed E-state index contributed by atoms with van der Waals surface area (Å²) in [6.07, 6.45) is 0. The van der Waals surface area contributed by atoms with E-state index in [0.29, 0.717) is 12.1 Å². The fourth-order valence-electron chi connectivity index (χ4n) is 2.01. The van der Waals surface area contributed by atoms with Gasteiger partial charge in [-0.05, 0) is 33.5 Å². The van der Waals surface area contributed by atoms with Crippen molar-refractivity contribution >= 4 is 28.4 Å². The maximum absolute atomic E-state index is 12.0. The molecule has 88 valence electrons. The highest BCUT2D eigenvalue weighted by atomic mass is 32.1. The van der Waals surface area contributed by atoms with Gasteiger partial charge in [-0.1, -0.05) is 30.3 Å². The van der Waals surface area contributed by atoms with Crippen LogP contribution in [0.4, 0.5) is 0 Å². The topological polar surface area (TPSA) is 41.8 Å². The SMILES string of the molecule is O=C1N=NCC(c2ccccc2)=C1c1ccsc1. The molecule has 0 saturated heterocycles. The number of carbonyl (C=O) groups excluding carboxylic acids is 1. The zero-order chi connectivity index (χ0) is 12.4. The van der Waals surface area contributed by atoms with Gasteiger partial charge in [-0.25, -0.2) is 0 Å². The second-order valence-corrected chi connectivity index (χ2v) is 4.72. The molecule has 0 spiro atoms. The summed E-state index contributed by atoms with van der Waals surface area (Å²) < 4.78 is 0. The van der Waals surface area contributed by atoms with Gasteiger partial charge < -0.3 is 0 Å². The molecule has 1 amide bonds. The van der Waals surface area contributed by atoms with Crippen molar-refractivity contribution in [3.8, 4) is 0 Å². The van der Waals surface area contributed by atoms with E-state index < -0.39 is 0 Å². The van der Waals surface area contributed by atoms with Gasteiger partial charge in [0.2, 0.25) is 0 Å². The van der Waals surface area contributed by atoms with E-state index in [1.165, 1.54) is 0 Å². The Hall–Kier alpha value is -2.07. The molecule has 1 aliphatic heterocycles. The first-order chi connectivity index (χ1) is 8.86. The van der Waals surface area contributed by atoms with Gasteiger partial charge in [0, 0.05) is 0 Å². The summed E-state index contributed by atoms with van der Waals surface area (Å²) in [4.78, 5) is 12.0. The predicted octanol–water partition coefficient (Wildman–Crippen LogP) is 3.65. The van der Waals surface area contributed by atoms with Crippen LogP contribution in [0.25, 0.3) is 11.1 Å². The number of azo groups is 1. The van der Waals surface area contributed by atoms with E-state index in [2.05, 4.69) is 10.2 Å². The summed E-state index contributed by atoms with van der Waals surface area (Å²) in [7, 11) is 0. The third kappa shape index (κ3) is 1.91. The van der Waals surface area contributed by atoms with Crippen LogP contribution in [-0.4, -0.2) is 12.5 Å². The number of rotatable bonds is 2. The molecule has 0 fully saturated rings. The van der Waals surface area contributed by atoms with E-state index in [4.69, 9.17) is 0 Å². The van der Waals surface area contributed by atoms with Crippen molar-refractivity contribution in [3.05, 3.63) is 58.3 Å². The van der Waals surface area contributed by atoms with Gasteiger partial charge in [-0.15, -0.1) is 5.11 Å². The van der Waals surface area contributed by atoms with E-state index in [-0.39, 0.29) is 5.91 Å². The Labute approximate surface area is 109 Å². The molecule has 1 aromatic carbocycles. The molecule has 2 aromatic rings. The summed E-state index contributed by atoms with van der Waals surface area (Å²) in [5, 5.41) is 11.5. The molecule has 1 aromatic heterocycles. The second kappa shape index (κ2) is 4.66. The molecule has 4 heteroatoms. The molecule has 0 aliphatic carbocycles. The lowest BCUT2D eigenvalue weighted by molar-refractivity contribution is -0.113. The van der Waals surface area contributed by atoms with Crippen molar-refractivity contribution in [2.75, 3.05) is 6.54 Å². The molecule has 0 saturated carbocycles. The van der Waals surface area contributed by atoms with Crippen molar-refractivity contribution in [2.24, 2.45) is 10.2 Å². The van der Waals surface area contributed by atoms with Crippen LogP contribution in [0.15, 0.2) is 57.4 Å². The summed E-state index contributed by atoms with van der Waals surface area (Å²) >= 11 is 1.57. The van der Waals surface area contributed by atoms with Crippen LogP contribution in [-0.2, 0) is 4.79 Å². The number of thiophene rings is 1. The minimum Gasteiger partial charge on any atom is -0.265 e. The van der Waals surface area contributed by atoms with Crippen LogP contribution < -0.4 is 0 Å². The lowest BCUT2D eigenvalue weighted by atomic mass is 9.95. The number of benzene rings is 1. The fraction of sp³-hybridized carbons (Fsp3) is 0.0714. The van der Waals surface area contributed by atoms with Crippen LogP contribution in [0.3, 0.4) is 0 Å². The zero-order valence-corrected chi connectivity index (χ0v) is 10.4. The highest BCUT2D eigenvalue weighted by Gasteiger charge is 2.21. The summed E-state index contributed by atoms with van der Waals surface area (Å²) in [5.74, 6) is -0.251. The largest absolute Gasteiger partial charge is 0.296 e. The first-order valence-corrected chi connectivity index (χ1v) is 6.53. The Bertz CT molecular complexity index is 627. The van der Waals surface area contributed by atoms with Crippen molar-refractivity contribution < 1.29 is 4.79 Å². The lowest BCUT2D eigenvalue weighted by Gasteiger charge is -2.13. The van der Waals surface area contributed by atoms with Gasteiger partial charge in [-0.2, -0.15) is 16.5 Å². The van der Waals surface area contributed by atoms with Crippen molar-refractivity contribution in [2.45, 2.75) is 0 Å². The fourth-order valence-corrected chi connectivity index (χ4v) is 2.65. The smallest absolute Gasteiger partial charge is 0.265 e. The minimum absolute atomic E-state index is 0.251. The molecule has 18 heavy (non-hydrogen) atoms. The van der Waals surface area contributed by atoms with Gasteiger partial charge in [0.1, 0.15) is 0 Å². The molecule has 3 rings (SSSR count). The Morgan fingerprint density at radius 3 is 2.61 bits per heavy atom. The number of nitrogens with zero attached hydrogens (tertiary/aromatic N) is 2. The van der Waals surface area contributed by atoms with Crippen LogP contribution in [0.5, 0.6) is 0 Å². The van der Waals surface area contributed by atoms with Gasteiger partial charge in [-0.3, -0.25) is 4.79 Å². The molecule has 0 atom stereocenters. The van der Waals surface area contributed by atoms with Gasteiger partial charge in [0.05, 0.1) is 12.1 Å². The third-order valence-electron chi connectivity index (χ3n) is 2.84. The summed E-state index contributed by atoms with van der Waals surface area (Å²) in [6.45, 7) is 0.459. The monoisotopic (exact) mass is 254 g/mol. The van der Waals surface area contributed by atoms with Crippen molar-refractivity contribution in [1.82, 2.24) is 0 Å². The number of hydrogen-bond acceptors (Lipinski definition) is 3. The third-order valence-corrected chi connectivity index (χ3v) is 3.52. The Balaban J connectivity index is 2.18. The van der Waals surface area contributed by atoms with Gasteiger partial charge in [0.25, 0.3) is 5.91 Å². The number of carbonyl (C=O) groups is 1. The summed E-state index contributed by atoms with van der Waals surface area (Å²) in [5.41, 5.74) is 3.60. The minimum atomic E-state index is -0.251. The molecule has 0 bridgehead atoms. The molecule has 1 aliphatic rings. The van der Waals surface area contributed by atoms with Crippen LogP contribution in [0, 0.1) is 0 Å². The molecular weight excluding hydrogens is 244 g/mol. The summed E-state index contributed by atoms with van der Waals surface area (Å²) in [6, 6.07) is 11.8. The zero-order valence-electron chi connectivity index (χ0n) is 9.54. The second-order valence-electron chi connectivity index (χ2n) is 3.94.